The summed E-state index contributed by atoms with van der Waals surface area (Å²) in [5.74, 6) is 0.992. The van der Waals surface area contributed by atoms with E-state index in [1.807, 2.05) is 11.8 Å². The number of carbonyl (C=O) groups is 1. The molecule has 1 amide bonds. The van der Waals surface area contributed by atoms with Gasteiger partial charge in [-0.1, -0.05) is 13.8 Å². The van der Waals surface area contributed by atoms with Crippen molar-refractivity contribution in [2.75, 3.05) is 18.8 Å². The van der Waals surface area contributed by atoms with Gasteiger partial charge in [-0.05, 0) is 18.0 Å². The molecule has 0 atom stereocenters. The van der Waals surface area contributed by atoms with Crippen LogP contribution in [0.1, 0.15) is 20.3 Å². The molecule has 0 aromatic rings. The number of halogens is 1. The van der Waals surface area contributed by atoms with Crippen LogP contribution in [0.4, 0.5) is 4.79 Å². The van der Waals surface area contributed by atoms with E-state index in [-0.39, 0.29) is 5.37 Å². The predicted octanol–water partition coefficient (Wildman–Crippen LogP) is 2.56. The number of thioether (sulfide) groups is 1. The van der Waals surface area contributed by atoms with Crippen LogP contribution < -0.4 is 0 Å². The molecule has 0 aromatic heterocycles. The van der Waals surface area contributed by atoms with Gasteiger partial charge in [0.15, 0.2) is 0 Å². The zero-order chi connectivity index (χ0) is 9.19. The van der Waals surface area contributed by atoms with Gasteiger partial charge in [0.1, 0.15) is 0 Å². The fourth-order valence-electron chi connectivity index (χ4n) is 1.20. The van der Waals surface area contributed by atoms with E-state index in [4.69, 9.17) is 11.6 Å². The molecule has 0 radical (unpaired) electrons. The van der Waals surface area contributed by atoms with Crippen molar-refractivity contribution in [3.63, 3.8) is 0 Å². The number of amides is 1. The number of rotatable bonds is 0. The third-order valence-electron chi connectivity index (χ3n) is 2.09. The Hall–Kier alpha value is 0.110. The number of nitrogens with zero attached hydrogens (tertiary/aromatic N) is 1. The van der Waals surface area contributed by atoms with Gasteiger partial charge in [0, 0.05) is 23.6 Å². The third-order valence-corrected chi connectivity index (χ3v) is 3.70. The van der Waals surface area contributed by atoms with Crippen LogP contribution in [0, 0.1) is 0 Å². The molecule has 1 rings (SSSR count). The second-order valence-corrected chi connectivity index (χ2v) is 5.72. The minimum atomic E-state index is -0.312. The second-order valence-electron chi connectivity index (χ2n) is 3.60. The minimum absolute atomic E-state index is 0.293. The summed E-state index contributed by atoms with van der Waals surface area (Å²) in [4.78, 5) is 12.6. The standard InChI is InChI=1S/C8H14ClNOS/c1-8(2)3-4-10(7(9)11)5-6-12-8/h3-6H2,1-2H3. The third kappa shape index (κ3) is 2.87. The SMILES string of the molecule is CC1(C)CCN(C(=O)Cl)CCS1. The molecular weight excluding hydrogens is 194 g/mol. The van der Waals surface area contributed by atoms with Crippen molar-refractivity contribution in [2.45, 2.75) is 25.0 Å². The van der Waals surface area contributed by atoms with Crippen LogP contribution in [0.3, 0.4) is 0 Å². The summed E-state index contributed by atoms with van der Waals surface area (Å²) in [6.45, 7) is 6.00. The average Bonchev–Trinajstić information content (AvgIpc) is 2.10. The van der Waals surface area contributed by atoms with E-state index in [2.05, 4.69) is 13.8 Å². The molecule has 2 nitrogen and oxygen atoms in total. The van der Waals surface area contributed by atoms with Crippen LogP contribution in [-0.2, 0) is 0 Å². The largest absolute Gasteiger partial charge is 0.328 e. The molecule has 0 N–H and O–H groups in total. The van der Waals surface area contributed by atoms with Gasteiger partial charge in [0.25, 0.3) is 0 Å². The Balaban J connectivity index is 2.50. The van der Waals surface area contributed by atoms with Crippen LogP contribution in [0.5, 0.6) is 0 Å². The van der Waals surface area contributed by atoms with Crippen molar-refractivity contribution in [2.24, 2.45) is 0 Å². The summed E-state index contributed by atoms with van der Waals surface area (Å²) in [7, 11) is 0. The predicted molar refractivity (Wildman–Crippen MR) is 54.0 cm³/mol. The van der Waals surface area contributed by atoms with Crippen LogP contribution in [-0.4, -0.2) is 33.9 Å². The number of hydrogen-bond acceptors (Lipinski definition) is 2. The Morgan fingerprint density at radius 1 is 1.50 bits per heavy atom. The van der Waals surface area contributed by atoms with Crippen molar-refractivity contribution in [3.8, 4) is 0 Å². The zero-order valence-electron chi connectivity index (χ0n) is 7.47. The fraction of sp³-hybridized carbons (Fsp3) is 0.875. The molecule has 1 aliphatic rings. The average molecular weight is 208 g/mol. The number of carbonyl (C=O) groups excluding carboxylic acids is 1. The van der Waals surface area contributed by atoms with Crippen molar-refractivity contribution < 1.29 is 4.79 Å². The summed E-state index contributed by atoms with van der Waals surface area (Å²) in [6, 6.07) is 0. The Kier molecular flexibility index (Phi) is 3.29. The lowest BCUT2D eigenvalue weighted by atomic mass is 10.1. The molecule has 1 fully saturated rings. The molecule has 1 saturated heterocycles. The highest BCUT2D eigenvalue weighted by Gasteiger charge is 2.24. The van der Waals surface area contributed by atoms with E-state index in [1.165, 1.54) is 0 Å². The van der Waals surface area contributed by atoms with Gasteiger partial charge < -0.3 is 4.90 Å². The lowest BCUT2D eigenvalue weighted by Crippen LogP contribution is -2.29. The van der Waals surface area contributed by atoms with Gasteiger partial charge in [-0.3, -0.25) is 4.79 Å². The maximum absolute atomic E-state index is 10.8. The van der Waals surface area contributed by atoms with Crippen molar-refractivity contribution in [3.05, 3.63) is 0 Å². The minimum Gasteiger partial charge on any atom is -0.328 e. The smallest absolute Gasteiger partial charge is 0.316 e. The maximum Gasteiger partial charge on any atom is 0.316 e. The summed E-state index contributed by atoms with van der Waals surface area (Å²) in [6.07, 6.45) is 1.02. The lowest BCUT2D eigenvalue weighted by Gasteiger charge is -2.21. The molecule has 0 aliphatic carbocycles. The first-order chi connectivity index (χ1) is 5.51. The Morgan fingerprint density at radius 3 is 2.75 bits per heavy atom. The highest BCUT2D eigenvalue weighted by molar-refractivity contribution is 8.00. The molecule has 0 spiro atoms. The van der Waals surface area contributed by atoms with E-state index in [0.717, 1.165) is 25.3 Å². The summed E-state index contributed by atoms with van der Waals surface area (Å²) >= 11 is 7.31. The topological polar surface area (TPSA) is 20.3 Å². The fourth-order valence-corrected chi connectivity index (χ4v) is 2.47. The summed E-state index contributed by atoms with van der Waals surface area (Å²) in [5, 5.41) is -0.312. The van der Waals surface area contributed by atoms with Crippen LogP contribution in [0.2, 0.25) is 0 Å². The first kappa shape index (κ1) is 10.2. The zero-order valence-corrected chi connectivity index (χ0v) is 9.04. The van der Waals surface area contributed by atoms with Gasteiger partial charge in [0.2, 0.25) is 0 Å². The van der Waals surface area contributed by atoms with E-state index in [0.29, 0.717) is 4.75 Å². The second kappa shape index (κ2) is 3.88. The Bertz CT molecular complexity index is 184. The Morgan fingerprint density at radius 2 is 2.17 bits per heavy atom. The molecular formula is C8H14ClNOS. The molecule has 0 aromatic carbocycles. The van der Waals surface area contributed by atoms with E-state index in [1.54, 1.807) is 4.90 Å². The first-order valence-corrected chi connectivity index (χ1v) is 5.46. The van der Waals surface area contributed by atoms with Gasteiger partial charge in [-0.25, -0.2) is 0 Å². The van der Waals surface area contributed by atoms with Crippen molar-refractivity contribution in [1.82, 2.24) is 4.90 Å². The van der Waals surface area contributed by atoms with Crippen LogP contribution in [0.25, 0.3) is 0 Å². The van der Waals surface area contributed by atoms with E-state index >= 15 is 0 Å². The molecule has 1 aliphatic heterocycles. The van der Waals surface area contributed by atoms with Crippen molar-refractivity contribution >= 4 is 28.7 Å². The van der Waals surface area contributed by atoms with Crippen molar-refractivity contribution in [1.29, 1.82) is 0 Å². The van der Waals surface area contributed by atoms with Gasteiger partial charge in [0.05, 0.1) is 0 Å². The highest BCUT2D eigenvalue weighted by Crippen LogP contribution is 2.30. The molecule has 0 unspecified atom stereocenters. The quantitative estimate of drug-likeness (QED) is 0.450. The van der Waals surface area contributed by atoms with Crippen LogP contribution in [0.15, 0.2) is 0 Å². The maximum atomic E-state index is 10.8. The number of hydrogen-bond donors (Lipinski definition) is 0. The molecule has 70 valence electrons. The van der Waals surface area contributed by atoms with Gasteiger partial charge in [-0.2, -0.15) is 11.8 Å². The molecule has 0 bridgehead atoms. The highest BCUT2D eigenvalue weighted by atomic mass is 35.5. The van der Waals surface area contributed by atoms with Crippen LogP contribution >= 0.6 is 23.4 Å². The summed E-state index contributed by atoms with van der Waals surface area (Å²) in [5.41, 5.74) is 0. The van der Waals surface area contributed by atoms with Gasteiger partial charge in [-0.15, -0.1) is 0 Å². The van der Waals surface area contributed by atoms with Gasteiger partial charge >= 0.3 is 5.37 Å². The molecule has 4 heteroatoms. The monoisotopic (exact) mass is 207 g/mol. The first-order valence-electron chi connectivity index (χ1n) is 4.10. The van der Waals surface area contributed by atoms with E-state index in [9.17, 15) is 4.79 Å². The summed E-state index contributed by atoms with van der Waals surface area (Å²) < 4.78 is 0.293. The molecule has 1 heterocycles. The normalized spacial score (nSPS) is 23.4. The Labute approximate surface area is 82.6 Å². The molecule has 0 saturated carbocycles. The molecule has 12 heavy (non-hydrogen) atoms. The lowest BCUT2D eigenvalue weighted by molar-refractivity contribution is 0.224. The van der Waals surface area contributed by atoms with E-state index < -0.39 is 0 Å².